The number of nitrogens with one attached hydrogen (secondary N) is 1. The van der Waals surface area contributed by atoms with Crippen LogP contribution in [0, 0.1) is 5.92 Å². The maximum Gasteiger partial charge on any atom is 0.325 e. The Bertz CT molecular complexity index is 243. The van der Waals surface area contributed by atoms with E-state index in [9.17, 15) is 9.59 Å². The Morgan fingerprint density at radius 1 is 1.54 bits per heavy atom. The Morgan fingerprint density at radius 3 is 2.62 bits per heavy atom. The number of hydrogen-bond acceptors (Lipinski definition) is 3. The molecule has 4 heteroatoms. The number of carbonyl (C=O) groups is 2. The molecule has 72 valence electrons. The zero-order chi connectivity index (χ0) is 9.84. The Balaban J connectivity index is 2.24. The maximum absolute atomic E-state index is 11.2. The fourth-order valence-corrected chi connectivity index (χ4v) is 0.955. The van der Waals surface area contributed by atoms with Gasteiger partial charge in [-0.15, -0.1) is 0 Å². The molecule has 1 aliphatic carbocycles. The number of rotatable bonds is 4. The number of carbonyl (C=O) groups excluding carboxylic acids is 2. The minimum absolute atomic E-state index is 0.0823. The Hall–Kier alpha value is -1.32. The molecule has 0 unspecified atom stereocenters. The molecule has 1 fully saturated rings. The third kappa shape index (κ3) is 2.89. The molecule has 1 rings (SSSR count). The molecule has 0 radical (unpaired) electrons. The van der Waals surface area contributed by atoms with Crippen molar-refractivity contribution >= 4 is 11.9 Å². The van der Waals surface area contributed by atoms with Crippen molar-refractivity contribution < 1.29 is 14.3 Å². The van der Waals surface area contributed by atoms with Crippen molar-refractivity contribution in [2.45, 2.75) is 12.8 Å². The zero-order valence-corrected chi connectivity index (χ0v) is 7.63. The topological polar surface area (TPSA) is 55.4 Å². The molecule has 0 aliphatic heterocycles. The van der Waals surface area contributed by atoms with Gasteiger partial charge >= 0.3 is 5.97 Å². The van der Waals surface area contributed by atoms with E-state index in [1.165, 1.54) is 7.11 Å². The van der Waals surface area contributed by atoms with Gasteiger partial charge in [0.15, 0.2) is 0 Å². The van der Waals surface area contributed by atoms with Gasteiger partial charge < -0.3 is 10.1 Å². The van der Waals surface area contributed by atoms with Crippen LogP contribution in [0.1, 0.15) is 12.8 Å². The third-order valence-electron chi connectivity index (χ3n) is 1.98. The van der Waals surface area contributed by atoms with Gasteiger partial charge in [0.25, 0.3) is 0 Å². The smallest absolute Gasteiger partial charge is 0.325 e. The summed E-state index contributed by atoms with van der Waals surface area (Å²) < 4.78 is 4.37. The molecule has 0 aromatic carbocycles. The fourth-order valence-electron chi connectivity index (χ4n) is 0.955. The van der Waals surface area contributed by atoms with Crippen LogP contribution in [-0.2, 0) is 14.3 Å². The lowest BCUT2D eigenvalue weighted by Gasteiger charge is -2.04. The number of hydrogen-bond donors (Lipinski definition) is 1. The Labute approximate surface area is 76.9 Å². The number of methoxy groups -OCH3 is 1. The second-order valence-corrected chi connectivity index (χ2v) is 3.06. The molecule has 1 saturated carbocycles. The minimum Gasteiger partial charge on any atom is -0.468 e. The number of esters is 1. The SMILES string of the molecule is C=C(C(=O)NCC(=O)OC)C1CC1. The molecule has 1 aliphatic rings. The largest absolute Gasteiger partial charge is 0.468 e. The van der Waals surface area contributed by atoms with Crippen molar-refractivity contribution in [1.29, 1.82) is 0 Å². The summed E-state index contributed by atoms with van der Waals surface area (Å²) in [6.45, 7) is 3.57. The molecule has 0 saturated heterocycles. The highest BCUT2D eigenvalue weighted by atomic mass is 16.5. The molecule has 1 amide bonds. The third-order valence-corrected chi connectivity index (χ3v) is 1.98. The van der Waals surface area contributed by atoms with E-state index in [-0.39, 0.29) is 12.5 Å². The molecule has 13 heavy (non-hydrogen) atoms. The lowest BCUT2D eigenvalue weighted by atomic mass is 10.2. The van der Waals surface area contributed by atoms with E-state index in [1.54, 1.807) is 0 Å². The van der Waals surface area contributed by atoms with E-state index in [0.717, 1.165) is 12.8 Å². The Morgan fingerprint density at radius 2 is 2.15 bits per heavy atom. The average molecular weight is 183 g/mol. The van der Waals surface area contributed by atoms with Gasteiger partial charge in [0.05, 0.1) is 7.11 Å². The summed E-state index contributed by atoms with van der Waals surface area (Å²) in [5.74, 6) is -0.359. The molecule has 0 bridgehead atoms. The monoisotopic (exact) mass is 183 g/mol. The highest BCUT2D eigenvalue weighted by molar-refractivity contribution is 5.95. The van der Waals surface area contributed by atoms with Gasteiger partial charge in [0, 0.05) is 5.57 Å². The summed E-state index contributed by atoms with van der Waals surface area (Å²) in [7, 11) is 1.28. The first-order valence-electron chi connectivity index (χ1n) is 4.19. The molecule has 0 aromatic rings. The second kappa shape index (κ2) is 4.07. The summed E-state index contributed by atoms with van der Waals surface area (Å²) in [5.41, 5.74) is 0.573. The molecular weight excluding hydrogens is 170 g/mol. The molecule has 0 heterocycles. The summed E-state index contributed by atoms with van der Waals surface area (Å²) in [4.78, 5) is 21.9. The van der Waals surface area contributed by atoms with Gasteiger partial charge in [0.1, 0.15) is 6.54 Å². The van der Waals surface area contributed by atoms with E-state index in [2.05, 4.69) is 16.6 Å². The second-order valence-electron chi connectivity index (χ2n) is 3.06. The van der Waals surface area contributed by atoms with Gasteiger partial charge in [-0.05, 0) is 18.8 Å². The van der Waals surface area contributed by atoms with Crippen LogP contribution in [0.4, 0.5) is 0 Å². The van der Waals surface area contributed by atoms with Crippen molar-refractivity contribution in [1.82, 2.24) is 5.32 Å². The van der Waals surface area contributed by atoms with Crippen molar-refractivity contribution in [3.63, 3.8) is 0 Å². The summed E-state index contributed by atoms with van der Waals surface area (Å²) in [5, 5.41) is 2.44. The predicted molar refractivity (Wildman–Crippen MR) is 46.9 cm³/mol. The summed E-state index contributed by atoms with van der Waals surface area (Å²) in [6, 6.07) is 0. The van der Waals surface area contributed by atoms with Crippen LogP contribution in [0.5, 0.6) is 0 Å². The normalized spacial score (nSPS) is 14.8. The van der Waals surface area contributed by atoms with Crippen LogP contribution in [-0.4, -0.2) is 25.5 Å². The lowest BCUT2D eigenvalue weighted by molar-refractivity contribution is -0.140. The molecular formula is C9H13NO3. The van der Waals surface area contributed by atoms with Crippen LogP contribution >= 0.6 is 0 Å². The first-order chi connectivity index (χ1) is 6.15. The van der Waals surface area contributed by atoms with Crippen molar-refractivity contribution in [2.75, 3.05) is 13.7 Å². The average Bonchev–Trinajstić information content (AvgIpc) is 2.95. The van der Waals surface area contributed by atoms with Crippen LogP contribution in [0.15, 0.2) is 12.2 Å². The zero-order valence-electron chi connectivity index (χ0n) is 7.63. The van der Waals surface area contributed by atoms with E-state index in [0.29, 0.717) is 11.5 Å². The minimum atomic E-state index is -0.447. The Kier molecular flexibility index (Phi) is 3.06. The lowest BCUT2D eigenvalue weighted by Crippen LogP contribution is -2.31. The van der Waals surface area contributed by atoms with Gasteiger partial charge in [-0.1, -0.05) is 6.58 Å². The van der Waals surface area contributed by atoms with E-state index >= 15 is 0 Å². The van der Waals surface area contributed by atoms with Gasteiger partial charge in [0.2, 0.25) is 5.91 Å². The quantitative estimate of drug-likeness (QED) is 0.502. The highest BCUT2D eigenvalue weighted by Gasteiger charge is 2.28. The van der Waals surface area contributed by atoms with Gasteiger partial charge in [-0.25, -0.2) is 0 Å². The molecule has 0 spiro atoms. The fraction of sp³-hybridized carbons (Fsp3) is 0.556. The standard InChI is InChI=1S/C9H13NO3/c1-6(7-3-4-7)9(12)10-5-8(11)13-2/h7H,1,3-5H2,2H3,(H,10,12). The highest BCUT2D eigenvalue weighted by Crippen LogP contribution is 2.35. The van der Waals surface area contributed by atoms with Gasteiger partial charge in [-0.2, -0.15) is 0 Å². The van der Waals surface area contributed by atoms with Crippen LogP contribution in [0.25, 0.3) is 0 Å². The van der Waals surface area contributed by atoms with Crippen molar-refractivity contribution in [3.8, 4) is 0 Å². The van der Waals surface area contributed by atoms with Crippen LogP contribution in [0.3, 0.4) is 0 Å². The first kappa shape index (κ1) is 9.77. The predicted octanol–water partition coefficient (Wildman–Crippen LogP) is 0.242. The molecule has 4 nitrogen and oxygen atoms in total. The van der Waals surface area contributed by atoms with E-state index < -0.39 is 5.97 Å². The summed E-state index contributed by atoms with van der Waals surface area (Å²) >= 11 is 0. The van der Waals surface area contributed by atoms with E-state index in [1.807, 2.05) is 0 Å². The first-order valence-corrected chi connectivity index (χ1v) is 4.19. The summed E-state index contributed by atoms with van der Waals surface area (Å²) in [6.07, 6.45) is 2.06. The van der Waals surface area contributed by atoms with E-state index in [4.69, 9.17) is 0 Å². The molecule has 0 atom stereocenters. The van der Waals surface area contributed by atoms with Crippen molar-refractivity contribution in [2.24, 2.45) is 5.92 Å². The van der Waals surface area contributed by atoms with Crippen molar-refractivity contribution in [3.05, 3.63) is 12.2 Å². The van der Waals surface area contributed by atoms with Crippen LogP contribution in [0.2, 0.25) is 0 Å². The van der Waals surface area contributed by atoms with Gasteiger partial charge in [-0.3, -0.25) is 9.59 Å². The molecule has 1 N–H and O–H groups in total. The number of ether oxygens (including phenoxy) is 1. The van der Waals surface area contributed by atoms with Crippen LogP contribution < -0.4 is 5.32 Å². The number of amides is 1. The maximum atomic E-state index is 11.2. The molecule has 0 aromatic heterocycles.